The fraction of sp³-hybridized carbons (Fsp3) is 1.00. The molecule has 2 atom stereocenters. The molecule has 0 amide bonds. The molecular formula is C16H34N4O8S2. The predicted molar refractivity (Wildman–Crippen MR) is 111 cm³/mol. The molecule has 0 aliphatic carbocycles. The largest absolute Gasteiger partial charge is 0.395 e. The molecule has 0 aromatic carbocycles. The van der Waals surface area contributed by atoms with Crippen molar-refractivity contribution in [1.82, 2.24) is 19.6 Å². The molecule has 12 nitrogen and oxygen atoms in total. The zero-order valence-electron chi connectivity index (χ0n) is 17.1. The van der Waals surface area contributed by atoms with E-state index in [-0.39, 0.29) is 39.4 Å². The molecule has 2 unspecified atom stereocenters. The molecule has 2 aliphatic rings. The maximum Gasteiger partial charge on any atom is 0.270 e. The molecule has 178 valence electrons. The Labute approximate surface area is 178 Å². The van der Waals surface area contributed by atoms with E-state index in [9.17, 15) is 26.5 Å². The van der Waals surface area contributed by atoms with E-state index >= 15 is 0 Å². The van der Waals surface area contributed by atoms with Crippen LogP contribution in [0.15, 0.2) is 0 Å². The Hall–Kier alpha value is -0.420. The Balaban J connectivity index is 2.11. The van der Waals surface area contributed by atoms with Gasteiger partial charge in [0, 0.05) is 78.0 Å². The zero-order valence-corrected chi connectivity index (χ0v) is 18.7. The summed E-state index contributed by atoms with van der Waals surface area (Å²) in [7, 11) is -8.56. The number of nitrogens with zero attached hydrogens (tertiary/aromatic N) is 4. The molecule has 2 fully saturated rings. The Morgan fingerprint density at radius 2 is 1.33 bits per heavy atom. The van der Waals surface area contributed by atoms with Crippen LogP contribution in [0.5, 0.6) is 0 Å². The Morgan fingerprint density at radius 1 is 0.767 bits per heavy atom. The highest BCUT2D eigenvalue weighted by molar-refractivity contribution is 7.86. The minimum Gasteiger partial charge on any atom is -0.395 e. The third-order valence-electron chi connectivity index (χ3n) is 5.80. The Morgan fingerprint density at radius 3 is 1.87 bits per heavy atom. The maximum absolute atomic E-state index is 12.3. The molecule has 14 heteroatoms. The van der Waals surface area contributed by atoms with Gasteiger partial charge in [0.25, 0.3) is 20.2 Å². The van der Waals surface area contributed by atoms with E-state index in [1.807, 2.05) is 9.80 Å². The van der Waals surface area contributed by atoms with Crippen LogP contribution in [-0.4, -0.2) is 158 Å². The van der Waals surface area contributed by atoms with E-state index in [4.69, 9.17) is 9.66 Å². The lowest BCUT2D eigenvalue weighted by molar-refractivity contribution is 0.0474. The second kappa shape index (κ2) is 11.4. The molecule has 2 saturated heterocycles. The van der Waals surface area contributed by atoms with Crippen molar-refractivity contribution in [3.63, 3.8) is 0 Å². The number of piperazine rings is 2. The summed E-state index contributed by atoms with van der Waals surface area (Å²) in [6, 6.07) is -0.627. The first-order chi connectivity index (χ1) is 14.0. The standard InChI is InChI=1S/C16H34N4O8S2/c21-10-7-17-1-3-18(4-2-17)14-16(30(26,27)28)15-13-19(9-12-29(23,24)25)5-6-20(15)8-11-22/h15-16,21-22H,1-14H2,(H,23,24,25)(H,26,27,28). The van der Waals surface area contributed by atoms with Crippen LogP contribution in [0.2, 0.25) is 0 Å². The molecule has 0 aromatic rings. The second-order valence-corrected chi connectivity index (χ2v) is 11.0. The minimum atomic E-state index is -4.42. The number of rotatable bonds is 11. The Kier molecular flexibility index (Phi) is 9.86. The van der Waals surface area contributed by atoms with Gasteiger partial charge in [-0.1, -0.05) is 0 Å². The quantitative estimate of drug-likeness (QED) is 0.221. The van der Waals surface area contributed by atoms with Crippen LogP contribution in [0, 0.1) is 0 Å². The topological polar surface area (TPSA) is 162 Å². The van der Waals surface area contributed by atoms with Gasteiger partial charge in [-0.05, 0) is 0 Å². The average molecular weight is 475 g/mol. The van der Waals surface area contributed by atoms with Gasteiger partial charge in [0.05, 0.1) is 19.0 Å². The number of aliphatic hydroxyl groups excluding tert-OH is 2. The first-order valence-electron chi connectivity index (χ1n) is 10.1. The predicted octanol–water partition coefficient (Wildman–Crippen LogP) is -3.28. The number of hydrogen-bond donors (Lipinski definition) is 4. The average Bonchev–Trinajstić information content (AvgIpc) is 2.66. The molecule has 0 aromatic heterocycles. The molecule has 2 aliphatic heterocycles. The van der Waals surface area contributed by atoms with E-state index in [1.165, 1.54) is 0 Å². The number of hydrogen-bond acceptors (Lipinski definition) is 10. The highest BCUT2D eigenvalue weighted by Crippen LogP contribution is 2.20. The van der Waals surface area contributed by atoms with Gasteiger partial charge in [-0.3, -0.25) is 28.7 Å². The van der Waals surface area contributed by atoms with Gasteiger partial charge in [0.15, 0.2) is 0 Å². The maximum atomic E-state index is 12.3. The fourth-order valence-corrected chi connectivity index (χ4v) is 5.66. The van der Waals surface area contributed by atoms with Gasteiger partial charge in [-0.15, -0.1) is 0 Å². The summed E-state index contributed by atoms with van der Waals surface area (Å²) in [6.07, 6.45) is 0. The van der Waals surface area contributed by atoms with Crippen LogP contribution in [0.1, 0.15) is 0 Å². The third kappa shape index (κ3) is 8.26. The van der Waals surface area contributed by atoms with E-state index in [0.717, 1.165) is 0 Å². The van der Waals surface area contributed by atoms with E-state index < -0.39 is 37.3 Å². The highest BCUT2D eigenvalue weighted by Gasteiger charge is 2.40. The fourth-order valence-electron chi connectivity index (χ4n) is 4.12. The van der Waals surface area contributed by atoms with Gasteiger partial charge in [-0.25, -0.2) is 0 Å². The van der Waals surface area contributed by atoms with Crippen molar-refractivity contribution in [1.29, 1.82) is 0 Å². The van der Waals surface area contributed by atoms with Crippen molar-refractivity contribution >= 4 is 20.2 Å². The van der Waals surface area contributed by atoms with Crippen molar-refractivity contribution in [2.24, 2.45) is 0 Å². The molecule has 2 heterocycles. The minimum absolute atomic E-state index is 0.0559. The van der Waals surface area contributed by atoms with Gasteiger partial charge >= 0.3 is 0 Å². The Bertz CT molecular complexity index is 728. The second-order valence-electron chi connectivity index (χ2n) is 7.83. The number of β-amino-alcohol motifs (C(OH)–C–C–N with tert-alkyl or cyclic N) is 2. The molecule has 0 bridgehead atoms. The van der Waals surface area contributed by atoms with Crippen molar-refractivity contribution in [2.45, 2.75) is 11.3 Å². The molecule has 0 saturated carbocycles. The summed E-state index contributed by atoms with van der Waals surface area (Å²) >= 11 is 0. The van der Waals surface area contributed by atoms with E-state index in [2.05, 4.69) is 4.90 Å². The van der Waals surface area contributed by atoms with Crippen molar-refractivity contribution < 1.29 is 36.2 Å². The summed E-state index contributed by atoms with van der Waals surface area (Å²) in [4.78, 5) is 7.60. The van der Waals surface area contributed by atoms with Gasteiger partial charge in [0.1, 0.15) is 5.25 Å². The van der Waals surface area contributed by atoms with Gasteiger partial charge in [-0.2, -0.15) is 16.8 Å². The summed E-state index contributed by atoms with van der Waals surface area (Å²) in [5, 5.41) is 17.3. The first-order valence-corrected chi connectivity index (χ1v) is 13.2. The number of aliphatic hydroxyl groups is 2. The summed E-state index contributed by atoms with van der Waals surface area (Å²) in [5.74, 6) is -0.455. The molecule has 0 radical (unpaired) electrons. The van der Waals surface area contributed by atoms with E-state index in [1.54, 1.807) is 4.90 Å². The molecule has 30 heavy (non-hydrogen) atoms. The van der Waals surface area contributed by atoms with Gasteiger partial charge in [0.2, 0.25) is 0 Å². The zero-order chi connectivity index (χ0) is 22.4. The molecule has 4 N–H and O–H groups in total. The summed E-state index contributed by atoms with van der Waals surface area (Å²) in [6.45, 7) is 4.51. The monoisotopic (exact) mass is 474 g/mol. The smallest absolute Gasteiger partial charge is 0.270 e. The van der Waals surface area contributed by atoms with E-state index in [0.29, 0.717) is 45.8 Å². The third-order valence-corrected chi connectivity index (χ3v) is 7.73. The van der Waals surface area contributed by atoms with Crippen molar-refractivity contribution in [3.05, 3.63) is 0 Å². The molecule has 2 rings (SSSR count). The SMILES string of the molecule is O=S(=O)(O)CCN1CCN(CCO)C(C(CN2CCN(CCO)CC2)S(=O)(=O)O)C1. The van der Waals surface area contributed by atoms with Crippen LogP contribution in [0.3, 0.4) is 0 Å². The van der Waals surface area contributed by atoms with Crippen molar-refractivity contribution in [2.75, 3.05) is 91.0 Å². The van der Waals surface area contributed by atoms with Crippen LogP contribution >= 0.6 is 0 Å². The molecular weight excluding hydrogens is 440 g/mol. The molecule has 0 spiro atoms. The lowest BCUT2D eigenvalue weighted by Crippen LogP contribution is -2.62. The van der Waals surface area contributed by atoms with Gasteiger partial charge < -0.3 is 10.2 Å². The highest BCUT2D eigenvalue weighted by atomic mass is 32.2. The summed E-state index contributed by atoms with van der Waals surface area (Å²) < 4.78 is 65.7. The lowest BCUT2D eigenvalue weighted by Gasteiger charge is -2.45. The lowest BCUT2D eigenvalue weighted by atomic mass is 10.1. The summed E-state index contributed by atoms with van der Waals surface area (Å²) in [5.41, 5.74) is 0. The normalized spacial score (nSPS) is 24.9. The van der Waals surface area contributed by atoms with Crippen LogP contribution in [-0.2, 0) is 20.2 Å². The van der Waals surface area contributed by atoms with Crippen LogP contribution in [0.25, 0.3) is 0 Å². The van der Waals surface area contributed by atoms with Crippen molar-refractivity contribution in [3.8, 4) is 0 Å². The van der Waals surface area contributed by atoms with Crippen LogP contribution in [0.4, 0.5) is 0 Å². The van der Waals surface area contributed by atoms with Crippen LogP contribution < -0.4 is 0 Å². The first kappa shape index (κ1) is 25.8.